The van der Waals surface area contributed by atoms with E-state index in [1.807, 2.05) is 30.5 Å². The molecule has 0 atom stereocenters. The van der Waals surface area contributed by atoms with Crippen LogP contribution in [0.25, 0.3) is 11.4 Å². The predicted molar refractivity (Wildman–Crippen MR) is 80.8 cm³/mol. The van der Waals surface area contributed by atoms with Gasteiger partial charge in [0.1, 0.15) is 5.82 Å². The number of hydrogen-bond acceptors (Lipinski definition) is 3. The van der Waals surface area contributed by atoms with E-state index in [-0.39, 0.29) is 11.0 Å². The second-order valence-electron chi connectivity index (χ2n) is 5.46. The summed E-state index contributed by atoms with van der Waals surface area (Å²) in [7, 11) is 0. The molecule has 0 radical (unpaired) electrons. The minimum absolute atomic E-state index is 0.108. The Balaban J connectivity index is 2.49. The van der Waals surface area contributed by atoms with Gasteiger partial charge < -0.3 is 4.98 Å². The van der Waals surface area contributed by atoms with Gasteiger partial charge in [-0.25, -0.2) is 4.98 Å². The Morgan fingerprint density at radius 1 is 1.16 bits per heavy atom. The molecule has 0 saturated carbocycles. The number of aromatic amines is 1. The Morgan fingerprint density at radius 2 is 1.79 bits per heavy atom. The fourth-order valence-electron chi connectivity index (χ4n) is 1.73. The molecule has 0 aliphatic rings. The summed E-state index contributed by atoms with van der Waals surface area (Å²) < 4.78 is 0. The van der Waals surface area contributed by atoms with E-state index >= 15 is 0 Å². The molecule has 0 amide bonds. The van der Waals surface area contributed by atoms with Gasteiger partial charge >= 0.3 is 0 Å². The number of thioether (sulfide) groups is 1. The molecule has 1 aromatic carbocycles. The zero-order chi connectivity index (χ0) is 14.0. The van der Waals surface area contributed by atoms with Crippen LogP contribution in [0.4, 0.5) is 0 Å². The van der Waals surface area contributed by atoms with Crippen molar-refractivity contribution in [3.05, 3.63) is 46.4 Å². The first kappa shape index (κ1) is 13.9. The number of nitrogens with one attached hydrogen (secondary N) is 1. The van der Waals surface area contributed by atoms with Crippen LogP contribution in [0.1, 0.15) is 26.5 Å². The van der Waals surface area contributed by atoms with Crippen molar-refractivity contribution in [2.45, 2.75) is 31.1 Å². The first-order valence-corrected chi connectivity index (χ1v) is 7.39. The van der Waals surface area contributed by atoms with E-state index in [0.29, 0.717) is 5.82 Å². The van der Waals surface area contributed by atoms with E-state index in [0.717, 1.165) is 11.3 Å². The van der Waals surface area contributed by atoms with Crippen molar-refractivity contribution in [2.24, 2.45) is 0 Å². The minimum Gasteiger partial charge on any atom is -0.307 e. The predicted octanol–water partition coefficient (Wildman–Crippen LogP) is 3.46. The number of rotatable bonds is 2. The van der Waals surface area contributed by atoms with Gasteiger partial charge in [-0.05, 0) is 18.4 Å². The van der Waals surface area contributed by atoms with Crippen molar-refractivity contribution in [2.75, 3.05) is 6.26 Å². The third-order valence-corrected chi connectivity index (χ3v) is 3.62. The second kappa shape index (κ2) is 5.21. The molecule has 19 heavy (non-hydrogen) atoms. The van der Waals surface area contributed by atoms with Crippen LogP contribution in [-0.2, 0) is 5.41 Å². The van der Waals surface area contributed by atoms with Crippen LogP contribution in [-0.4, -0.2) is 16.2 Å². The van der Waals surface area contributed by atoms with E-state index in [4.69, 9.17) is 0 Å². The molecule has 0 aliphatic heterocycles. The molecule has 0 saturated heterocycles. The highest BCUT2D eigenvalue weighted by molar-refractivity contribution is 7.98. The SMILES string of the molecule is CSc1ccc(-c2nc(C(C)(C)C)cc(=O)[nH]2)cc1. The van der Waals surface area contributed by atoms with Crippen molar-refractivity contribution in [1.82, 2.24) is 9.97 Å². The first-order valence-electron chi connectivity index (χ1n) is 6.16. The minimum atomic E-state index is -0.137. The first-order chi connectivity index (χ1) is 8.90. The van der Waals surface area contributed by atoms with E-state index in [1.165, 1.54) is 4.90 Å². The molecule has 0 spiro atoms. The monoisotopic (exact) mass is 274 g/mol. The van der Waals surface area contributed by atoms with Crippen LogP contribution in [0.2, 0.25) is 0 Å². The zero-order valence-electron chi connectivity index (χ0n) is 11.7. The van der Waals surface area contributed by atoms with Crippen LogP contribution in [0, 0.1) is 0 Å². The Labute approximate surface area is 117 Å². The maximum Gasteiger partial charge on any atom is 0.251 e. The van der Waals surface area contributed by atoms with E-state index in [2.05, 4.69) is 30.7 Å². The summed E-state index contributed by atoms with van der Waals surface area (Å²) in [5.41, 5.74) is 1.49. The third kappa shape index (κ3) is 3.26. The summed E-state index contributed by atoms with van der Waals surface area (Å²) in [5, 5.41) is 0. The highest BCUT2D eigenvalue weighted by Crippen LogP contribution is 2.23. The Hall–Kier alpha value is -1.55. The Bertz CT molecular complexity index is 624. The van der Waals surface area contributed by atoms with Crippen LogP contribution in [0.15, 0.2) is 40.0 Å². The molecule has 2 rings (SSSR count). The van der Waals surface area contributed by atoms with Gasteiger partial charge in [-0.3, -0.25) is 4.79 Å². The van der Waals surface area contributed by atoms with Gasteiger partial charge in [0.2, 0.25) is 0 Å². The lowest BCUT2D eigenvalue weighted by atomic mass is 9.92. The average Bonchev–Trinajstić information content (AvgIpc) is 2.37. The quantitative estimate of drug-likeness (QED) is 0.853. The maximum absolute atomic E-state index is 11.8. The maximum atomic E-state index is 11.8. The molecule has 0 bridgehead atoms. The van der Waals surface area contributed by atoms with Crippen LogP contribution in [0.5, 0.6) is 0 Å². The van der Waals surface area contributed by atoms with Crippen LogP contribution in [0.3, 0.4) is 0 Å². The number of hydrogen-bond donors (Lipinski definition) is 1. The summed E-state index contributed by atoms with van der Waals surface area (Å²) in [6, 6.07) is 9.60. The summed E-state index contributed by atoms with van der Waals surface area (Å²) in [4.78, 5) is 20.3. The smallest absolute Gasteiger partial charge is 0.251 e. The van der Waals surface area contributed by atoms with Gasteiger partial charge in [0, 0.05) is 21.9 Å². The van der Waals surface area contributed by atoms with Crippen molar-refractivity contribution < 1.29 is 0 Å². The van der Waals surface area contributed by atoms with Gasteiger partial charge in [-0.15, -0.1) is 11.8 Å². The van der Waals surface area contributed by atoms with E-state index < -0.39 is 0 Å². The Kier molecular flexibility index (Phi) is 3.80. The molecule has 100 valence electrons. The molecule has 1 aromatic heterocycles. The van der Waals surface area contributed by atoms with E-state index in [1.54, 1.807) is 17.8 Å². The molecular weight excluding hydrogens is 256 g/mol. The fraction of sp³-hybridized carbons (Fsp3) is 0.333. The van der Waals surface area contributed by atoms with Crippen molar-refractivity contribution >= 4 is 11.8 Å². The van der Waals surface area contributed by atoms with Crippen molar-refractivity contribution in [3.8, 4) is 11.4 Å². The molecule has 4 heteroatoms. The largest absolute Gasteiger partial charge is 0.307 e. The summed E-state index contributed by atoms with van der Waals surface area (Å²) in [6.07, 6.45) is 2.04. The third-order valence-electron chi connectivity index (χ3n) is 2.87. The van der Waals surface area contributed by atoms with Gasteiger partial charge in [0.15, 0.2) is 0 Å². The molecular formula is C15H18N2OS. The van der Waals surface area contributed by atoms with Crippen LogP contribution >= 0.6 is 11.8 Å². The normalized spacial score (nSPS) is 11.6. The number of benzene rings is 1. The molecule has 0 unspecified atom stereocenters. The van der Waals surface area contributed by atoms with Crippen LogP contribution < -0.4 is 5.56 Å². The summed E-state index contributed by atoms with van der Waals surface area (Å²) in [6.45, 7) is 6.15. The van der Waals surface area contributed by atoms with Crippen molar-refractivity contribution in [3.63, 3.8) is 0 Å². The van der Waals surface area contributed by atoms with Gasteiger partial charge in [0.05, 0.1) is 5.69 Å². The topological polar surface area (TPSA) is 45.8 Å². The van der Waals surface area contributed by atoms with Gasteiger partial charge in [-0.1, -0.05) is 32.9 Å². The molecule has 3 nitrogen and oxygen atoms in total. The summed E-state index contributed by atoms with van der Waals surface area (Å²) in [5.74, 6) is 0.630. The number of nitrogens with zero attached hydrogens (tertiary/aromatic N) is 1. The molecule has 2 aromatic rings. The molecule has 0 aliphatic carbocycles. The van der Waals surface area contributed by atoms with Crippen molar-refractivity contribution in [1.29, 1.82) is 0 Å². The Morgan fingerprint density at radius 3 is 2.32 bits per heavy atom. The fourth-order valence-corrected chi connectivity index (χ4v) is 2.14. The average molecular weight is 274 g/mol. The number of aromatic nitrogens is 2. The molecule has 0 fully saturated rings. The number of H-pyrrole nitrogens is 1. The molecule has 1 heterocycles. The van der Waals surface area contributed by atoms with Gasteiger partial charge in [-0.2, -0.15) is 0 Å². The zero-order valence-corrected chi connectivity index (χ0v) is 12.5. The molecule has 1 N–H and O–H groups in total. The van der Waals surface area contributed by atoms with Gasteiger partial charge in [0.25, 0.3) is 5.56 Å². The second-order valence-corrected chi connectivity index (χ2v) is 6.34. The lowest BCUT2D eigenvalue weighted by molar-refractivity contribution is 0.566. The van der Waals surface area contributed by atoms with E-state index in [9.17, 15) is 4.79 Å². The lowest BCUT2D eigenvalue weighted by Gasteiger charge is -2.17. The lowest BCUT2D eigenvalue weighted by Crippen LogP contribution is -2.19. The standard InChI is InChI=1S/C15H18N2OS/c1-15(2,3)12-9-13(18)17-14(16-12)10-5-7-11(19-4)8-6-10/h5-9H,1-4H3,(H,16,17,18). The highest BCUT2D eigenvalue weighted by atomic mass is 32.2. The highest BCUT2D eigenvalue weighted by Gasteiger charge is 2.17. The summed E-state index contributed by atoms with van der Waals surface area (Å²) >= 11 is 1.69.